The number of ether oxygens (including phenoxy) is 4. The van der Waals surface area contributed by atoms with Crippen molar-refractivity contribution in [2.24, 2.45) is 5.41 Å². The van der Waals surface area contributed by atoms with Gasteiger partial charge in [-0.2, -0.15) is 0 Å². The van der Waals surface area contributed by atoms with Crippen molar-refractivity contribution < 1.29 is 38.7 Å². The number of aliphatic hydroxyl groups excluding tert-OH is 2. The molecule has 1 saturated heterocycles. The Balaban J connectivity index is 1.60. The molecule has 8 nitrogen and oxygen atoms in total. The van der Waals surface area contributed by atoms with Crippen LogP contribution in [0.25, 0.3) is 0 Å². The Morgan fingerprint density at radius 3 is 2.33 bits per heavy atom. The third-order valence-corrected chi connectivity index (χ3v) is 9.14. The summed E-state index contributed by atoms with van der Waals surface area (Å²) in [7, 11) is -0.142. The van der Waals surface area contributed by atoms with E-state index in [0.717, 1.165) is 35.5 Å². The predicted molar refractivity (Wildman–Crippen MR) is 153 cm³/mol. The van der Waals surface area contributed by atoms with E-state index in [9.17, 15) is 15.3 Å². The highest BCUT2D eigenvalue weighted by atomic mass is 28.3. The van der Waals surface area contributed by atoms with Crippen LogP contribution in [0.2, 0.25) is 13.1 Å². The number of benzene rings is 2. The zero-order valence-electron chi connectivity index (χ0n) is 24.5. The summed E-state index contributed by atoms with van der Waals surface area (Å²) >= 11 is 0. The molecule has 0 amide bonds. The maximum Gasteiger partial charge on any atom is 0.229 e. The van der Waals surface area contributed by atoms with Crippen LogP contribution in [0.5, 0.6) is 11.5 Å². The van der Waals surface area contributed by atoms with Gasteiger partial charge in [-0.15, -0.1) is 0 Å². The summed E-state index contributed by atoms with van der Waals surface area (Å²) in [5.74, 6) is 0.193. The fourth-order valence-corrected chi connectivity index (χ4v) is 6.58. The summed E-state index contributed by atoms with van der Waals surface area (Å²) in [5, 5.41) is 34.9. The average molecular weight is 573 g/mol. The highest BCUT2D eigenvalue weighted by Crippen LogP contribution is 2.51. The van der Waals surface area contributed by atoms with Crippen LogP contribution in [0.3, 0.4) is 0 Å². The molecule has 5 rings (SSSR count). The van der Waals surface area contributed by atoms with Crippen molar-refractivity contribution in [2.45, 2.75) is 88.7 Å². The van der Waals surface area contributed by atoms with Gasteiger partial charge >= 0.3 is 0 Å². The van der Waals surface area contributed by atoms with Gasteiger partial charge in [0.1, 0.15) is 25.4 Å². The molecule has 1 aliphatic carbocycles. The second-order valence-corrected chi connectivity index (χ2v) is 15.2. The van der Waals surface area contributed by atoms with Crippen LogP contribution in [-0.4, -0.2) is 75.2 Å². The summed E-state index contributed by atoms with van der Waals surface area (Å²) < 4.78 is 30.2. The molecule has 220 valence electrons. The summed E-state index contributed by atoms with van der Waals surface area (Å²) in [6.07, 6.45) is -0.822. The van der Waals surface area contributed by atoms with Crippen LogP contribution in [0, 0.1) is 5.41 Å². The fourth-order valence-electron chi connectivity index (χ4n) is 5.99. The van der Waals surface area contributed by atoms with Gasteiger partial charge in [-0.3, -0.25) is 0 Å². The van der Waals surface area contributed by atoms with Gasteiger partial charge in [0.15, 0.2) is 26.1 Å². The minimum absolute atomic E-state index is 0.234. The van der Waals surface area contributed by atoms with E-state index >= 15 is 0 Å². The van der Waals surface area contributed by atoms with Crippen molar-refractivity contribution >= 4 is 9.04 Å². The Morgan fingerprint density at radius 1 is 1.00 bits per heavy atom. The molecule has 3 N–H and O–H groups in total. The summed E-state index contributed by atoms with van der Waals surface area (Å²) in [6, 6.07) is 12.1. The molecule has 2 heterocycles. The van der Waals surface area contributed by atoms with E-state index in [1.54, 1.807) is 0 Å². The second-order valence-electron chi connectivity index (χ2n) is 12.8. The van der Waals surface area contributed by atoms with Crippen molar-refractivity contribution in [1.29, 1.82) is 0 Å². The minimum Gasteiger partial charge on any atom is -0.486 e. The van der Waals surface area contributed by atoms with Crippen molar-refractivity contribution in [3.8, 4) is 11.5 Å². The Labute approximate surface area is 238 Å². The maximum absolute atomic E-state index is 12.2. The first-order chi connectivity index (χ1) is 18.9. The number of hydrogen-bond donors (Lipinski definition) is 3. The molecule has 3 aliphatic rings. The lowest BCUT2D eigenvalue weighted by Gasteiger charge is -2.57. The predicted octanol–water partition coefficient (Wildman–Crippen LogP) is 3.62. The Kier molecular flexibility index (Phi) is 8.13. The molecule has 0 bridgehead atoms. The molecule has 1 saturated carbocycles. The van der Waals surface area contributed by atoms with Crippen LogP contribution in [0.1, 0.15) is 61.8 Å². The van der Waals surface area contributed by atoms with Crippen LogP contribution < -0.4 is 9.47 Å². The lowest BCUT2D eigenvalue weighted by atomic mass is 9.71. The highest BCUT2D eigenvalue weighted by molar-refractivity contribution is 6.48. The van der Waals surface area contributed by atoms with E-state index in [-0.39, 0.29) is 6.61 Å². The van der Waals surface area contributed by atoms with Gasteiger partial charge in [-0.1, -0.05) is 39.0 Å². The first kappa shape index (κ1) is 29.5. The standard InChI is InChI=1S/C31H44O8Si/c1-29(2,3)28-26(32)27(33)30(34,18-38-40(5)6)31(35-4,39-28)22-10-11-23(20-8-9-20)21(17-22)15-19-7-12-24-25(16-19)37-14-13-36-24/h7,10-12,16-17,20,26-28,32-34,40H,8-9,13-15,18H2,1-6H3/t26-,27-,28-,30+,31?/m0/s1. The summed E-state index contributed by atoms with van der Waals surface area (Å²) in [4.78, 5) is 0. The van der Waals surface area contributed by atoms with Gasteiger partial charge in [-0.25, -0.2) is 0 Å². The molecule has 2 aliphatic heterocycles. The normalized spacial score (nSPS) is 30.5. The Morgan fingerprint density at radius 2 is 1.70 bits per heavy atom. The number of hydrogen-bond acceptors (Lipinski definition) is 8. The van der Waals surface area contributed by atoms with E-state index < -0.39 is 44.2 Å². The number of fused-ring (bicyclic) bond motifs is 1. The average Bonchev–Trinajstić information content (AvgIpc) is 3.76. The molecule has 0 radical (unpaired) electrons. The van der Waals surface area contributed by atoms with Crippen LogP contribution in [0.4, 0.5) is 0 Å². The number of aliphatic hydroxyl groups is 3. The summed E-state index contributed by atoms with van der Waals surface area (Å²) in [6.45, 7) is 10.6. The molecule has 1 unspecified atom stereocenters. The highest BCUT2D eigenvalue weighted by Gasteiger charge is 2.67. The molecule has 0 spiro atoms. The molecule has 2 aromatic carbocycles. The van der Waals surface area contributed by atoms with Crippen molar-refractivity contribution in [3.05, 3.63) is 58.7 Å². The zero-order chi connectivity index (χ0) is 28.9. The van der Waals surface area contributed by atoms with Gasteiger partial charge in [0.25, 0.3) is 0 Å². The molecule has 40 heavy (non-hydrogen) atoms. The smallest absolute Gasteiger partial charge is 0.229 e. The number of rotatable bonds is 8. The molecule has 5 atom stereocenters. The first-order valence-electron chi connectivity index (χ1n) is 14.3. The van der Waals surface area contributed by atoms with Gasteiger partial charge in [-0.05, 0) is 78.6 Å². The Hall–Kier alpha value is -1.98. The fraction of sp³-hybridized carbons (Fsp3) is 0.613. The molecule has 2 fully saturated rings. The minimum atomic E-state index is -2.06. The molecular weight excluding hydrogens is 528 g/mol. The lowest BCUT2D eigenvalue weighted by Crippen LogP contribution is -2.74. The van der Waals surface area contributed by atoms with Crippen LogP contribution in [-0.2, 0) is 26.1 Å². The third-order valence-electron chi connectivity index (χ3n) is 8.30. The lowest BCUT2D eigenvalue weighted by molar-refractivity contribution is -0.416. The second kappa shape index (κ2) is 11.0. The SMILES string of the molecule is COC1(c2ccc(C3CC3)c(Cc3ccc4c(c3)OCCO4)c2)O[C@H](C(C)(C)C)[C@@H](O)[C@H](O)[C@]1(O)CO[SiH](C)C. The van der Waals surface area contributed by atoms with E-state index in [2.05, 4.69) is 6.07 Å². The third kappa shape index (κ3) is 5.33. The van der Waals surface area contributed by atoms with E-state index in [1.165, 1.54) is 12.7 Å². The Bertz CT molecular complexity index is 1210. The molecule has 9 heteroatoms. The monoisotopic (exact) mass is 572 g/mol. The van der Waals surface area contributed by atoms with Crippen LogP contribution in [0.15, 0.2) is 36.4 Å². The van der Waals surface area contributed by atoms with Crippen LogP contribution >= 0.6 is 0 Å². The van der Waals surface area contributed by atoms with Gasteiger partial charge in [0, 0.05) is 12.7 Å². The topological polar surface area (TPSA) is 107 Å². The molecular formula is C31H44O8Si. The van der Waals surface area contributed by atoms with Gasteiger partial charge in [0.2, 0.25) is 5.79 Å². The number of methoxy groups -OCH3 is 1. The van der Waals surface area contributed by atoms with E-state index in [4.69, 9.17) is 23.4 Å². The van der Waals surface area contributed by atoms with E-state index in [1.807, 2.05) is 64.2 Å². The van der Waals surface area contributed by atoms with Gasteiger partial charge in [0.05, 0.1) is 12.7 Å². The van der Waals surface area contributed by atoms with E-state index in [0.29, 0.717) is 31.1 Å². The first-order valence-corrected chi connectivity index (χ1v) is 17.1. The largest absolute Gasteiger partial charge is 0.486 e. The molecule has 2 aromatic rings. The van der Waals surface area contributed by atoms with Crippen molar-refractivity contribution in [1.82, 2.24) is 0 Å². The maximum atomic E-state index is 12.2. The quantitative estimate of drug-likeness (QED) is 0.412. The van der Waals surface area contributed by atoms with Gasteiger partial charge < -0.3 is 38.7 Å². The van der Waals surface area contributed by atoms with Crippen molar-refractivity contribution in [3.63, 3.8) is 0 Å². The van der Waals surface area contributed by atoms with Crippen molar-refractivity contribution in [2.75, 3.05) is 26.9 Å². The molecule has 0 aromatic heterocycles. The zero-order valence-corrected chi connectivity index (χ0v) is 25.6. The summed E-state index contributed by atoms with van der Waals surface area (Å²) in [5.41, 5.74) is 1.38.